The fourth-order valence-corrected chi connectivity index (χ4v) is 1.13. The lowest BCUT2D eigenvalue weighted by atomic mass is 10.2. The molecule has 2 rings (SSSR count). The lowest BCUT2D eigenvalue weighted by molar-refractivity contribution is 0.146. The van der Waals surface area contributed by atoms with Crippen LogP contribution in [0.15, 0.2) is 30.6 Å². The van der Waals surface area contributed by atoms with Crippen LogP contribution in [-0.4, -0.2) is 15.2 Å². The van der Waals surface area contributed by atoms with Gasteiger partial charge >= 0.3 is 0 Å². The summed E-state index contributed by atoms with van der Waals surface area (Å²) in [6, 6.07) is 4.78. The number of nitrogens with zero attached hydrogens (tertiary/aromatic N) is 2. The standard InChI is InChI=1S/C9H7F2N3/c10-9(11)8-5-7(13-14-8)6-1-3-12-4-2-6/h1-5,9H,(H,13,14). The van der Waals surface area contributed by atoms with Gasteiger partial charge in [-0.25, -0.2) is 8.78 Å². The second-order valence-electron chi connectivity index (χ2n) is 2.74. The summed E-state index contributed by atoms with van der Waals surface area (Å²) in [5, 5.41) is 6.04. The van der Waals surface area contributed by atoms with Crippen molar-refractivity contribution in [2.75, 3.05) is 0 Å². The third kappa shape index (κ3) is 1.61. The van der Waals surface area contributed by atoms with E-state index in [0.29, 0.717) is 5.69 Å². The summed E-state index contributed by atoms with van der Waals surface area (Å²) in [5.41, 5.74) is 1.12. The number of halogens is 2. The number of hydrogen-bond acceptors (Lipinski definition) is 2. The van der Waals surface area contributed by atoms with E-state index in [4.69, 9.17) is 0 Å². The quantitative estimate of drug-likeness (QED) is 0.799. The van der Waals surface area contributed by atoms with Gasteiger partial charge < -0.3 is 0 Å². The number of aromatic amines is 1. The van der Waals surface area contributed by atoms with E-state index in [1.807, 2.05) is 0 Å². The normalized spacial score (nSPS) is 10.8. The van der Waals surface area contributed by atoms with Crippen LogP contribution >= 0.6 is 0 Å². The van der Waals surface area contributed by atoms with E-state index in [9.17, 15) is 8.78 Å². The van der Waals surface area contributed by atoms with Crippen LogP contribution in [0.1, 0.15) is 12.1 Å². The summed E-state index contributed by atoms with van der Waals surface area (Å²) in [5.74, 6) is 0. The fraction of sp³-hybridized carbons (Fsp3) is 0.111. The molecule has 3 nitrogen and oxygen atoms in total. The molecule has 0 saturated carbocycles. The number of hydrogen-bond donors (Lipinski definition) is 1. The molecule has 0 aromatic carbocycles. The van der Waals surface area contributed by atoms with Gasteiger partial charge in [-0.05, 0) is 18.2 Å². The molecule has 1 N–H and O–H groups in total. The highest BCUT2D eigenvalue weighted by atomic mass is 19.3. The van der Waals surface area contributed by atoms with Gasteiger partial charge in [-0.1, -0.05) is 0 Å². The maximum Gasteiger partial charge on any atom is 0.282 e. The molecule has 0 aliphatic carbocycles. The smallest absolute Gasteiger partial charge is 0.277 e. The zero-order chi connectivity index (χ0) is 9.97. The van der Waals surface area contributed by atoms with Gasteiger partial charge in [0.15, 0.2) is 0 Å². The Bertz CT molecular complexity index is 411. The molecule has 0 saturated heterocycles. The van der Waals surface area contributed by atoms with Gasteiger partial charge in [0.1, 0.15) is 5.69 Å². The molecule has 0 amide bonds. The number of pyridine rings is 1. The minimum Gasteiger partial charge on any atom is -0.277 e. The number of alkyl halides is 2. The van der Waals surface area contributed by atoms with E-state index < -0.39 is 6.43 Å². The van der Waals surface area contributed by atoms with E-state index in [0.717, 1.165) is 5.56 Å². The van der Waals surface area contributed by atoms with E-state index in [1.54, 1.807) is 24.5 Å². The van der Waals surface area contributed by atoms with Crippen molar-refractivity contribution >= 4 is 0 Å². The average Bonchev–Trinajstić information content (AvgIpc) is 2.68. The maximum absolute atomic E-state index is 12.2. The molecule has 2 heterocycles. The first kappa shape index (κ1) is 8.80. The van der Waals surface area contributed by atoms with Gasteiger partial charge in [0.05, 0.1) is 5.69 Å². The molecule has 0 aliphatic rings. The van der Waals surface area contributed by atoms with Crippen LogP contribution in [0, 0.1) is 0 Å². The third-order valence-electron chi connectivity index (χ3n) is 1.81. The zero-order valence-corrected chi connectivity index (χ0v) is 7.11. The average molecular weight is 195 g/mol. The van der Waals surface area contributed by atoms with Crippen molar-refractivity contribution in [1.82, 2.24) is 15.2 Å². The lowest BCUT2D eigenvalue weighted by Crippen LogP contribution is -1.81. The van der Waals surface area contributed by atoms with Crippen molar-refractivity contribution < 1.29 is 8.78 Å². The van der Waals surface area contributed by atoms with Crippen molar-refractivity contribution in [2.45, 2.75) is 6.43 Å². The molecule has 0 aliphatic heterocycles. The van der Waals surface area contributed by atoms with E-state index >= 15 is 0 Å². The summed E-state index contributed by atoms with van der Waals surface area (Å²) >= 11 is 0. The second kappa shape index (κ2) is 3.53. The second-order valence-corrected chi connectivity index (χ2v) is 2.74. The summed E-state index contributed by atoms with van der Waals surface area (Å²) in [7, 11) is 0. The molecule has 5 heteroatoms. The largest absolute Gasteiger partial charge is 0.282 e. The van der Waals surface area contributed by atoms with Crippen molar-refractivity contribution in [3.63, 3.8) is 0 Å². The summed E-state index contributed by atoms with van der Waals surface area (Å²) in [6.07, 6.45) is 0.651. The molecule has 2 aromatic rings. The molecule has 2 aromatic heterocycles. The van der Waals surface area contributed by atoms with Gasteiger partial charge in [0, 0.05) is 18.0 Å². The number of nitrogens with one attached hydrogen (secondary N) is 1. The monoisotopic (exact) mass is 195 g/mol. The number of H-pyrrole nitrogens is 1. The van der Waals surface area contributed by atoms with Gasteiger partial charge in [0.25, 0.3) is 6.43 Å². The number of rotatable bonds is 2. The molecule has 0 fully saturated rings. The molecule has 0 atom stereocenters. The van der Waals surface area contributed by atoms with Crippen LogP contribution < -0.4 is 0 Å². The minimum atomic E-state index is -2.54. The van der Waals surface area contributed by atoms with Crippen molar-refractivity contribution in [3.05, 3.63) is 36.3 Å². The molecular weight excluding hydrogens is 188 g/mol. The summed E-state index contributed by atoms with van der Waals surface area (Å²) in [6.45, 7) is 0. The van der Waals surface area contributed by atoms with Crippen molar-refractivity contribution in [2.24, 2.45) is 0 Å². The Hall–Kier alpha value is -1.78. The Labute approximate surface area is 78.8 Å². The first-order chi connectivity index (χ1) is 6.77. The van der Waals surface area contributed by atoms with Crippen LogP contribution in [-0.2, 0) is 0 Å². The number of aromatic nitrogens is 3. The SMILES string of the molecule is FC(F)c1cc(-c2ccncc2)[nH]n1. The summed E-state index contributed by atoms with van der Waals surface area (Å²) < 4.78 is 24.4. The highest BCUT2D eigenvalue weighted by molar-refractivity contribution is 5.58. The third-order valence-corrected chi connectivity index (χ3v) is 1.81. The molecule has 72 valence electrons. The van der Waals surface area contributed by atoms with Crippen LogP contribution in [0.4, 0.5) is 8.78 Å². The Kier molecular flexibility index (Phi) is 2.22. The van der Waals surface area contributed by atoms with Gasteiger partial charge in [-0.15, -0.1) is 0 Å². The Morgan fingerprint density at radius 3 is 2.50 bits per heavy atom. The van der Waals surface area contributed by atoms with Crippen LogP contribution in [0.5, 0.6) is 0 Å². The first-order valence-corrected chi connectivity index (χ1v) is 4.01. The Balaban J connectivity index is 2.34. The van der Waals surface area contributed by atoms with Crippen LogP contribution in [0.3, 0.4) is 0 Å². The van der Waals surface area contributed by atoms with Crippen LogP contribution in [0.2, 0.25) is 0 Å². The minimum absolute atomic E-state index is 0.239. The van der Waals surface area contributed by atoms with Gasteiger partial charge in [-0.2, -0.15) is 5.10 Å². The highest BCUT2D eigenvalue weighted by Gasteiger charge is 2.11. The Morgan fingerprint density at radius 2 is 1.93 bits per heavy atom. The van der Waals surface area contributed by atoms with Crippen LogP contribution in [0.25, 0.3) is 11.3 Å². The Morgan fingerprint density at radius 1 is 1.21 bits per heavy atom. The first-order valence-electron chi connectivity index (χ1n) is 4.01. The lowest BCUT2D eigenvalue weighted by Gasteiger charge is -1.93. The molecule has 0 radical (unpaired) electrons. The van der Waals surface area contributed by atoms with E-state index in [-0.39, 0.29) is 5.69 Å². The van der Waals surface area contributed by atoms with Crippen molar-refractivity contribution in [3.8, 4) is 11.3 Å². The van der Waals surface area contributed by atoms with Gasteiger partial charge in [-0.3, -0.25) is 10.1 Å². The topological polar surface area (TPSA) is 41.6 Å². The molecular formula is C9H7F2N3. The molecule has 0 bridgehead atoms. The molecule has 0 spiro atoms. The maximum atomic E-state index is 12.2. The fourth-order valence-electron chi connectivity index (χ4n) is 1.13. The molecule has 14 heavy (non-hydrogen) atoms. The molecule has 0 unspecified atom stereocenters. The summed E-state index contributed by atoms with van der Waals surface area (Å²) in [4.78, 5) is 3.83. The predicted octanol–water partition coefficient (Wildman–Crippen LogP) is 2.41. The van der Waals surface area contributed by atoms with Crippen molar-refractivity contribution in [1.29, 1.82) is 0 Å². The highest BCUT2D eigenvalue weighted by Crippen LogP contribution is 2.22. The predicted molar refractivity (Wildman–Crippen MR) is 46.8 cm³/mol. The van der Waals surface area contributed by atoms with Gasteiger partial charge in [0.2, 0.25) is 0 Å². The van der Waals surface area contributed by atoms with E-state index in [1.165, 1.54) is 6.07 Å². The van der Waals surface area contributed by atoms with E-state index in [2.05, 4.69) is 15.2 Å². The zero-order valence-electron chi connectivity index (χ0n) is 7.11.